The molecule has 106 valence electrons. The van der Waals surface area contributed by atoms with Crippen molar-refractivity contribution in [1.29, 1.82) is 0 Å². The minimum atomic E-state index is 0.246. The second-order valence-corrected chi connectivity index (χ2v) is 6.96. The summed E-state index contributed by atoms with van der Waals surface area (Å²) >= 11 is 3.58. The van der Waals surface area contributed by atoms with Crippen LogP contribution in [0, 0.1) is 5.92 Å². The van der Waals surface area contributed by atoms with Gasteiger partial charge in [0, 0.05) is 23.1 Å². The third kappa shape index (κ3) is 4.04. The number of likely N-dealkylation sites (tertiary alicyclic amines) is 1. The van der Waals surface area contributed by atoms with E-state index in [9.17, 15) is 0 Å². The molecule has 0 radical (unpaired) electrons. The Hall–Kier alpha value is -0.380. The van der Waals surface area contributed by atoms with Crippen LogP contribution in [0.4, 0.5) is 0 Å². The number of hydrogen-bond acceptors (Lipinski definition) is 2. The van der Waals surface area contributed by atoms with Gasteiger partial charge in [0.15, 0.2) is 0 Å². The van der Waals surface area contributed by atoms with Gasteiger partial charge in [-0.2, -0.15) is 0 Å². The second kappa shape index (κ2) is 6.87. The third-order valence-corrected chi connectivity index (χ3v) is 4.31. The molecule has 0 spiro atoms. The van der Waals surface area contributed by atoms with Crippen molar-refractivity contribution in [3.05, 3.63) is 34.3 Å². The molecule has 1 aromatic carbocycles. The van der Waals surface area contributed by atoms with Crippen LogP contribution >= 0.6 is 15.9 Å². The van der Waals surface area contributed by atoms with E-state index in [4.69, 9.17) is 5.73 Å². The summed E-state index contributed by atoms with van der Waals surface area (Å²) in [6, 6.07) is 9.25. The van der Waals surface area contributed by atoms with E-state index < -0.39 is 0 Å². The minimum absolute atomic E-state index is 0.246. The summed E-state index contributed by atoms with van der Waals surface area (Å²) in [5.74, 6) is 0.681. The van der Waals surface area contributed by atoms with E-state index >= 15 is 0 Å². The molecule has 2 nitrogen and oxygen atoms in total. The fourth-order valence-electron chi connectivity index (χ4n) is 3.09. The highest BCUT2D eigenvalue weighted by Crippen LogP contribution is 2.31. The van der Waals surface area contributed by atoms with Gasteiger partial charge in [-0.3, -0.25) is 4.90 Å². The van der Waals surface area contributed by atoms with Gasteiger partial charge in [-0.25, -0.2) is 0 Å². The Morgan fingerprint density at radius 2 is 2.16 bits per heavy atom. The Morgan fingerprint density at radius 1 is 1.37 bits per heavy atom. The molecule has 1 fully saturated rings. The maximum Gasteiger partial charge on any atom is 0.0499 e. The van der Waals surface area contributed by atoms with E-state index in [0.29, 0.717) is 12.0 Å². The van der Waals surface area contributed by atoms with Gasteiger partial charge in [0.25, 0.3) is 0 Å². The average Bonchev–Trinajstić information content (AvgIpc) is 2.50. The molecule has 2 rings (SSSR count). The van der Waals surface area contributed by atoms with Crippen LogP contribution in [0.5, 0.6) is 0 Å². The molecule has 0 amide bonds. The summed E-state index contributed by atoms with van der Waals surface area (Å²) in [4.78, 5) is 2.59. The molecule has 0 bridgehead atoms. The summed E-state index contributed by atoms with van der Waals surface area (Å²) in [7, 11) is 0. The molecule has 1 aliphatic rings. The standard InChI is InChI=1S/C16H25BrN2/c1-12(2)11-19-9-4-3-8-15(18)16(19)13-6-5-7-14(17)10-13/h5-7,10,12,15-16H,3-4,8-9,11,18H2,1-2H3. The zero-order valence-corrected chi connectivity index (χ0v) is 13.6. The number of benzene rings is 1. The summed E-state index contributed by atoms with van der Waals surface area (Å²) < 4.78 is 1.14. The predicted molar refractivity (Wildman–Crippen MR) is 85.1 cm³/mol. The first-order valence-corrected chi connectivity index (χ1v) is 8.12. The van der Waals surface area contributed by atoms with E-state index in [0.717, 1.165) is 17.4 Å². The highest BCUT2D eigenvalue weighted by atomic mass is 79.9. The Kier molecular flexibility index (Phi) is 5.43. The Labute approximate surface area is 125 Å². The largest absolute Gasteiger partial charge is 0.326 e. The first-order valence-electron chi connectivity index (χ1n) is 7.33. The average molecular weight is 325 g/mol. The number of halogens is 1. The van der Waals surface area contributed by atoms with Crippen LogP contribution in [0.1, 0.15) is 44.7 Å². The fourth-order valence-corrected chi connectivity index (χ4v) is 3.50. The van der Waals surface area contributed by atoms with Gasteiger partial charge >= 0.3 is 0 Å². The van der Waals surface area contributed by atoms with Crippen LogP contribution in [-0.4, -0.2) is 24.0 Å². The van der Waals surface area contributed by atoms with Crippen molar-refractivity contribution in [1.82, 2.24) is 4.90 Å². The molecule has 2 N–H and O–H groups in total. The van der Waals surface area contributed by atoms with Gasteiger partial charge < -0.3 is 5.73 Å². The van der Waals surface area contributed by atoms with E-state index in [1.165, 1.54) is 24.9 Å². The molecule has 0 saturated carbocycles. The molecule has 2 atom stereocenters. The van der Waals surface area contributed by atoms with Crippen molar-refractivity contribution >= 4 is 15.9 Å². The van der Waals surface area contributed by atoms with E-state index in [1.54, 1.807) is 0 Å². The van der Waals surface area contributed by atoms with Crippen molar-refractivity contribution < 1.29 is 0 Å². The fraction of sp³-hybridized carbons (Fsp3) is 0.625. The highest BCUT2D eigenvalue weighted by Gasteiger charge is 2.29. The van der Waals surface area contributed by atoms with Gasteiger partial charge in [0.05, 0.1) is 0 Å². The number of nitrogens with two attached hydrogens (primary N) is 1. The normalized spacial score (nSPS) is 25.5. The van der Waals surface area contributed by atoms with E-state index in [-0.39, 0.29) is 6.04 Å². The molecular formula is C16H25BrN2. The van der Waals surface area contributed by atoms with Crippen LogP contribution in [0.25, 0.3) is 0 Å². The lowest BCUT2D eigenvalue weighted by Crippen LogP contribution is -2.41. The van der Waals surface area contributed by atoms with Crippen molar-refractivity contribution in [3.8, 4) is 0 Å². The van der Waals surface area contributed by atoms with Gasteiger partial charge in [0.1, 0.15) is 0 Å². The first-order chi connectivity index (χ1) is 9.08. The number of rotatable bonds is 3. The van der Waals surface area contributed by atoms with Gasteiger partial charge in [-0.05, 0) is 43.0 Å². The van der Waals surface area contributed by atoms with Crippen LogP contribution in [-0.2, 0) is 0 Å². The molecule has 1 saturated heterocycles. The molecule has 3 heteroatoms. The maximum atomic E-state index is 6.47. The summed E-state index contributed by atoms with van der Waals surface area (Å²) in [6.45, 7) is 6.87. The second-order valence-electron chi connectivity index (χ2n) is 6.05. The third-order valence-electron chi connectivity index (χ3n) is 3.82. The zero-order chi connectivity index (χ0) is 13.8. The maximum absolute atomic E-state index is 6.47. The van der Waals surface area contributed by atoms with Gasteiger partial charge in [0.2, 0.25) is 0 Å². The predicted octanol–water partition coefficient (Wildman–Crippen LogP) is 3.96. The Balaban J connectivity index is 2.28. The van der Waals surface area contributed by atoms with E-state index in [2.05, 4.69) is 58.9 Å². The molecule has 19 heavy (non-hydrogen) atoms. The van der Waals surface area contributed by atoms with Gasteiger partial charge in [-0.1, -0.05) is 48.3 Å². The van der Waals surface area contributed by atoms with Gasteiger partial charge in [-0.15, -0.1) is 0 Å². The zero-order valence-electron chi connectivity index (χ0n) is 12.0. The summed E-state index contributed by atoms with van der Waals surface area (Å²) in [5, 5.41) is 0. The minimum Gasteiger partial charge on any atom is -0.326 e. The molecule has 0 aliphatic carbocycles. The Bertz CT molecular complexity index is 405. The number of hydrogen-bond donors (Lipinski definition) is 1. The SMILES string of the molecule is CC(C)CN1CCCCC(N)C1c1cccc(Br)c1. The van der Waals surface area contributed by atoms with Crippen molar-refractivity contribution in [3.63, 3.8) is 0 Å². The summed E-state index contributed by atoms with van der Waals surface area (Å²) in [5.41, 5.74) is 7.82. The lowest BCUT2D eigenvalue weighted by Gasteiger charge is -2.35. The van der Waals surface area contributed by atoms with E-state index in [1.807, 2.05) is 0 Å². The molecule has 2 unspecified atom stereocenters. The Morgan fingerprint density at radius 3 is 2.84 bits per heavy atom. The molecular weight excluding hydrogens is 300 g/mol. The van der Waals surface area contributed by atoms with Crippen LogP contribution in [0.2, 0.25) is 0 Å². The van der Waals surface area contributed by atoms with Crippen LogP contribution in [0.15, 0.2) is 28.7 Å². The van der Waals surface area contributed by atoms with Crippen LogP contribution < -0.4 is 5.73 Å². The van der Waals surface area contributed by atoms with Crippen LogP contribution in [0.3, 0.4) is 0 Å². The summed E-state index contributed by atoms with van der Waals surface area (Å²) in [6.07, 6.45) is 3.65. The first kappa shape index (κ1) is 15.0. The van der Waals surface area contributed by atoms with Crippen molar-refractivity contribution in [2.75, 3.05) is 13.1 Å². The molecule has 1 aliphatic heterocycles. The monoisotopic (exact) mass is 324 g/mol. The lowest BCUT2D eigenvalue weighted by molar-refractivity contribution is 0.165. The quantitative estimate of drug-likeness (QED) is 0.911. The van der Waals surface area contributed by atoms with Crippen molar-refractivity contribution in [2.45, 2.75) is 45.2 Å². The molecule has 1 aromatic rings. The molecule has 1 heterocycles. The lowest BCUT2D eigenvalue weighted by atomic mass is 9.96. The molecule has 0 aromatic heterocycles. The topological polar surface area (TPSA) is 29.3 Å². The van der Waals surface area contributed by atoms with Crippen molar-refractivity contribution in [2.24, 2.45) is 11.7 Å². The number of nitrogens with zero attached hydrogens (tertiary/aromatic N) is 1. The smallest absolute Gasteiger partial charge is 0.0499 e. The highest BCUT2D eigenvalue weighted by molar-refractivity contribution is 9.10.